The third kappa shape index (κ3) is 3.72. The molecule has 0 unspecified atom stereocenters. The number of hydrogen-bond acceptors (Lipinski definition) is 3. The van der Waals surface area contributed by atoms with Crippen molar-refractivity contribution in [2.45, 2.75) is 18.2 Å². The van der Waals surface area contributed by atoms with E-state index in [1.165, 1.54) is 0 Å². The van der Waals surface area contributed by atoms with Crippen molar-refractivity contribution in [3.63, 3.8) is 0 Å². The molecule has 1 rings (SSSR count). The van der Waals surface area contributed by atoms with E-state index in [0.29, 0.717) is 11.4 Å². The predicted molar refractivity (Wildman–Crippen MR) is 63.9 cm³/mol. The van der Waals surface area contributed by atoms with Gasteiger partial charge in [0.15, 0.2) is 0 Å². The molecule has 0 aliphatic carbocycles. The lowest BCUT2D eigenvalue weighted by molar-refractivity contribution is -0.385. The Hall–Kier alpha value is -0.740. The van der Waals surface area contributed by atoms with Crippen LogP contribution in [0.15, 0.2) is 23.1 Å². The number of hydrogen-bond donors (Lipinski definition) is 0. The van der Waals surface area contributed by atoms with Gasteiger partial charge in [-0.2, -0.15) is 0 Å². The molecule has 0 bridgehead atoms. The number of nitro groups is 1. The van der Waals surface area contributed by atoms with Gasteiger partial charge >= 0.3 is 0 Å². The lowest BCUT2D eigenvalue weighted by Gasteiger charge is -2.02. The van der Waals surface area contributed by atoms with Gasteiger partial charge in [0, 0.05) is 22.4 Å². The SMILES string of the molecule is Cc1cc(SCCCCl)ccc1[N+](=O)[O-]. The minimum atomic E-state index is -0.359. The van der Waals surface area contributed by atoms with Gasteiger partial charge in [0.05, 0.1) is 4.92 Å². The van der Waals surface area contributed by atoms with E-state index >= 15 is 0 Å². The van der Waals surface area contributed by atoms with Crippen LogP contribution in [0.5, 0.6) is 0 Å². The van der Waals surface area contributed by atoms with Gasteiger partial charge in [-0.3, -0.25) is 10.1 Å². The van der Waals surface area contributed by atoms with Crippen molar-refractivity contribution in [2.75, 3.05) is 11.6 Å². The maximum atomic E-state index is 10.6. The van der Waals surface area contributed by atoms with Gasteiger partial charge < -0.3 is 0 Å². The highest BCUT2D eigenvalue weighted by atomic mass is 35.5. The standard InChI is InChI=1S/C10H12ClNO2S/c1-8-7-9(15-6-2-5-11)3-4-10(8)12(13)14/h3-4,7H,2,5-6H2,1H3. The summed E-state index contributed by atoms with van der Waals surface area (Å²) in [5, 5.41) is 10.6. The van der Waals surface area contributed by atoms with Crippen molar-refractivity contribution < 1.29 is 4.92 Å². The summed E-state index contributed by atoms with van der Waals surface area (Å²) in [7, 11) is 0. The summed E-state index contributed by atoms with van der Waals surface area (Å²) in [4.78, 5) is 11.3. The molecule has 0 fully saturated rings. The smallest absolute Gasteiger partial charge is 0.258 e. The zero-order valence-corrected chi connectivity index (χ0v) is 9.98. The van der Waals surface area contributed by atoms with Crippen LogP contribution in [0.4, 0.5) is 5.69 Å². The molecule has 0 radical (unpaired) electrons. The van der Waals surface area contributed by atoms with Crippen molar-refractivity contribution in [1.82, 2.24) is 0 Å². The third-order valence-electron chi connectivity index (χ3n) is 1.91. The first kappa shape index (κ1) is 12.3. The number of benzene rings is 1. The monoisotopic (exact) mass is 245 g/mol. The molecular weight excluding hydrogens is 234 g/mol. The van der Waals surface area contributed by atoms with Gasteiger partial charge in [0.25, 0.3) is 5.69 Å². The Morgan fingerprint density at radius 1 is 1.53 bits per heavy atom. The fourth-order valence-electron chi connectivity index (χ4n) is 1.17. The summed E-state index contributed by atoms with van der Waals surface area (Å²) in [6.07, 6.45) is 0.947. The van der Waals surface area contributed by atoms with E-state index in [1.807, 2.05) is 6.07 Å². The van der Waals surface area contributed by atoms with E-state index in [4.69, 9.17) is 11.6 Å². The van der Waals surface area contributed by atoms with Crippen molar-refractivity contribution >= 4 is 29.1 Å². The Morgan fingerprint density at radius 3 is 2.80 bits per heavy atom. The summed E-state index contributed by atoms with van der Waals surface area (Å²) < 4.78 is 0. The van der Waals surface area contributed by atoms with Gasteiger partial charge in [-0.05, 0) is 31.2 Å². The number of thioether (sulfide) groups is 1. The van der Waals surface area contributed by atoms with Crippen LogP contribution < -0.4 is 0 Å². The summed E-state index contributed by atoms with van der Waals surface area (Å²) in [5.41, 5.74) is 0.882. The Morgan fingerprint density at radius 2 is 2.27 bits per heavy atom. The summed E-state index contributed by atoms with van der Waals surface area (Å²) in [6.45, 7) is 1.75. The number of nitro benzene ring substituents is 1. The summed E-state index contributed by atoms with van der Waals surface area (Å²) in [6, 6.07) is 5.18. The fraction of sp³-hybridized carbons (Fsp3) is 0.400. The first-order chi connectivity index (χ1) is 7.15. The Balaban J connectivity index is 2.69. The van der Waals surface area contributed by atoms with Crippen LogP contribution in [-0.2, 0) is 0 Å². The summed E-state index contributed by atoms with van der Waals surface area (Å²) >= 11 is 7.24. The zero-order chi connectivity index (χ0) is 11.3. The normalized spacial score (nSPS) is 10.3. The summed E-state index contributed by atoms with van der Waals surface area (Å²) in [5.74, 6) is 1.60. The molecule has 5 heteroatoms. The molecule has 82 valence electrons. The highest BCUT2D eigenvalue weighted by molar-refractivity contribution is 7.99. The van der Waals surface area contributed by atoms with E-state index in [1.54, 1.807) is 30.8 Å². The zero-order valence-electron chi connectivity index (χ0n) is 8.40. The van der Waals surface area contributed by atoms with E-state index in [2.05, 4.69) is 0 Å². The second-order valence-corrected chi connectivity index (χ2v) is 4.64. The van der Waals surface area contributed by atoms with E-state index in [0.717, 1.165) is 17.1 Å². The molecule has 0 aliphatic rings. The number of nitrogens with zero attached hydrogens (tertiary/aromatic N) is 1. The minimum absolute atomic E-state index is 0.177. The topological polar surface area (TPSA) is 43.1 Å². The van der Waals surface area contributed by atoms with Gasteiger partial charge in [-0.15, -0.1) is 23.4 Å². The molecule has 0 heterocycles. The van der Waals surface area contributed by atoms with E-state index in [-0.39, 0.29) is 10.6 Å². The molecule has 1 aromatic carbocycles. The Bertz CT molecular complexity index is 357. The van der Waals surface area contributed by atoms with Gasteiger partial charge in [-0.1, -0.05) is 0 Å². The number of rotatable bonds is 5. The molecule has 1 aromatic rings. The van der Waals surface area contributed by atoms with Crippen LogP contribution in [0.2, 0.25) is 0 Å². The Kier molecular flexibility index (Phi) is 4.91. The molecule has 0 amide bonds. The average Bonchev–Trinajstić information content (AvgIpc) is 2.17. The van der Waals surface area contributed by atoms with Crippen LogP contribution in [0, 0.1) is 17.0 Å². The van der Waals surface area contributed by atoms with Crippen LogP contribution in [0.3, 0.4) is 0 Å². The molecule has 0 aliphatic heterocycles. The quantitative estimate of drug-likeness (QED) is 0.262. The number of halogens is 1. The van der Waals surface area contributed by atoms with Crippen molar-refractivity contribution in [3.8, 4) is 0 Å². The molecule has 0 saturated carbocycles. The first-order valence-electron chi connectivity index (χ1n) is 4.59. The average molecular weight is 246 g/mol. The third-order valence-corrected chi connectivity index (χ3v) is 3.26. The van der Waals surface area contributed by atoms with Gasteiger partial charge in [0.2, 0.25) is 0 Å². The fourth-order valence-corrected chi connectivity index (χ4v) is 2.41. The molecule has 0 saturated heterocycles. The second-order valence-electron chi connectivity index (χ2n) is 3.10. The van der Waals surface area contributed by atoms with Crippen LogP contribution >= 0.6 is 23.4 Å². The van der Waals surface area contributed by atoms with Crippen molar-refractivity contribution in [1.29, 1.82) is 0 Å². The van der Waals surface area contributed by atoms with Gasteiger partial charge in [0.1, 0.15) is 0 Å². The molecule has 0 aromatic heterocycles. The predicted octanol–water partition coefficient (Wildman–Crippen LogP) is 3.62. The highest BCUT2D eigenvalue weighted by Gasteiger charge is 2.09. The number of aryl methyl sites for hydroxylation is 1. The molecule has 3 nitrogen and oxygen atoms in total. The van der Waals surface area contributed by atoms with Crippen LogP contribution in [0.1, 0.15) is 12.0 Å². The second kappa shape index (κ2) is 5.98. The van der Waals surface area contributed by atoms with E-state index < -0.39 is 0 Å². The maximum Gasteiger partial charge on any atom is 0.272 e. The van der Waals surface area contributed by atoms with Crippen LogP contribution in [0.25, 0.3) is 0 Å². The largest absolute Gasteiger partial charge is 0.272 e. The Labute approximate surface area is 98.0 Å². The number of alkyl halides is 1. The molecular formula is C10H12ClNO2S. The first-order valence-corrected chi connectivity index (χ1v) is 6.11. The van der Waals surface area contributed by atoms with Crippen molar-refractivity contribution in [2.24, 2.45) is 0 Å². The lowest BCUT2D eigenvalue weighted by Crippen LogP contribution is -1.91. The molecule has 0 spiro atoms. The van der Waals surface area contributed by atoms with Crippen LogP contribution in [-0.4, -0.2) is 16.6 Å². The molecule has 15 heavy (non-hydrogen) atoms. The maximum absolute atomic E-state index is 10.6. The van der Waals surface area contributed by atoms with E-state index in [9.17, 15) is 10.1 Å². The van der Waals surface area contributed by atoms with Crippen molar-refractivity contribution in [3.05, 3.63) is 33.9 Å². The minimum Gasteiger partial charge on any atom is -0.258 e. The lowest BCUT2D eigenvalue weighted by atomic mass is 10.2. The molecule has 0 atom stereocenters. The highest BCUT2D eigenvalue weighted by Crippen LogP contribution is 2.25. The van der Waals surface area contributed by atoms with Gasteiger partial charge in [-0.25, -0.2) is 0 Å². The molecule has 0 N–H and O–H groups in total.